The lowest BCUT2D eigenvalue weighted by Gasteiger charge is -2.34. The number of hydrogen-bond donors (Lipinski definition) is 1. The van der Waals surface area contributed by atoms with Crippen LogP contribution in [0.25, 0.3) is 0 Å². The molecule has 0 aromatic carbocycles. The number of amides is 1. The number of likely N-dealkylation sites (tertiary alicyclic amines) is 1. The van der Waals surface area contributed by atoms with E-state index in [0.29, 0.717) is 0 Å². The highest BCUT2D eigenvalue weighted by atomic mass is 16.2. The van der Waals surface area contributed by atoms with Crippen LogP contribution in [0.2, 0.25) is 0 Å². The first-order valence-electron chi connectivity index (χ1n) is 5.75. The lowest BCUT2D eigenvalue weighted by atomic mass is 10.0. The van der Waals surface area contributed by atoms with Crippen LogP contribution in [0.4, 0.5) is 0 Å². The fraction of sp³-hybridized carbons (Fsp3) is 0.900. The van der Waals surface area contributed by atoms with Gasteiger partial charge in [0.25, 0.3) is 0 Å². The lowest BCUT2D eigenvalue weighted by Crippen LogP contribution is -2.49. The molecule has 14 heavy (non-hydrogen) atoms. The minimum absolute atomic E-state index is 0.139. The average Bonchev–Trinajstić information content (AvgIpc) is 2.25. The van der Waals surface area contributed by atoms with Crippen LogP contribution < -0.4 is 5.23 Å². The average molecular weight is 196 g/mol. The van der Waals surface area contributed by atoms with Gasteiger partial charge in [0.05, 0.1) is 6.04 Å². The molecule has 0 spiro atoms. The second kappa shape index (κ2) is 6.07. The number of nitrogens with zero attached hydrogens (tertiary/aromatic N) is 1. The van der Waals surface area contributed by atoms with Gasteiger partial charge in [0.2, 0.25) is 13.9 Å². The van der Waals surface area contributed by atoms with E-state index in [9.17, 15) is 4.79 Å². The Balaban J connectivity index is 2.45. The summed E-state index contributed by atoms with van der Waals surface area (Å²) in [5.74, 6) is 0.195. The highest BCUT2D eigenvalue weighted by Crippen LogP contribution is 2.17. The van der Waals surface area contributed by atoms with E-state index in [1.54, 1.807) is 7.98 Å². The number of carbonyl (C=O) groups excluding carboxylic acids is 1. The quantitative estimate of drug-likeness (QED) is 0.656. The Kier molecular flexibility index (Phi) is 5.01. The highest BCUT2D eigenvalue weighted by Gasteiger charge is 2.26. The molecule has 1 rings (SSSR count). The molecule has 1 fully saturated rings. The molecule has 0 aliphatic carbocycles. The minimum atomic E-state index is 0.139. The molecule has 1 N–H and O–H groups in total. The van der Waals surface area contributed by atoms with E-state index in [2.05, 4.69) is 17.1 Å². The van der Waals surface area contributed by atoms with Gasteiger partial charge < -0.3 is 5.23 Å². The van der Waals surface area contributed by atoms with Crippen LogP contribution in [0.5, 0.6) is 0 Å². The summed E-state index contributed by atoms with van der Waals surface area (Å²) in [4.78, 5) is 13.9. The zero-order valence-electron chi connectivity index (χ0n) is 9.38. The van der Waals surface area contributed by atoms with Gasteiger partial charge in [-0.05, 0) is 32.4 Å². The highest BCUT2D eigenvalue weighted by molar-refractivity contribution is 6.15. The maximum Gasteiger partial charge on any atom is 0.224 e. The van der Waals surface area contributed by atoms with Crippen molar-refractivity contribution in [2.75, 3.05) is 13.1 Å². The van der Waals surface area contributed by atoms with Gasteiger partial charge in [-0.15, -0.1) is 0 Å². The number of rotatable bonds is 4. The normalized spacial score (nSPS) is 23.4. The van der Waals surface area contributed by atoms with Gasteiger partial charge in [-0.2, -0.15) is 0 Å². The first-order valence-corrected chi connectivity index (χ1v) is 5.75. The number of nitrogens with one attached hydrogen (secondary N) is 1. The zero-order chi connectivity index (χ0) is 10.4. The molecule has 1 aliphatic rings. The summed E-state index contributed by atoms with van der Waals surface area (Å²) in [6.07, 6.45) is 5.88. The third-order valence-electron chi connectivity index (χ3n) is 2.96. The molecule has 1 saturated heterocycles. The van der Waals surface area contributed by atoms with Crippen LogP contribution in [-0.2, 0) is 4.79 Å². The third-order valence-corrected chi connectivity index (χ3v) is 2.96. The van der Waals surface area contributed by atoms with Gasteiger partial charge >= 0.3 is 0 Å². The number of piperidine rings is 1. The molecule has 1 amide bonds. The summed E-state index contributed by atoms with van der Waals surface area (Å²) in [7, 11) is 1.73. The van der Waals surface area contributed by atoms with Crippen LogP contribution in [0.15, 0.2) is 0 Å². The van der Waals surface area contributed by atoms with Crippen molar-refractivity contribution >= 4 is 13.9 Å². The predicted molar refractivity (Wildman–Crippen MR) is 60.8 cm³/mol. The Hall–Kier alpha value is -0.505. The molecule has 80 valence electrons. The van der Waals surface area contributed by atoms with Gasteiger partial charge in [-0.1, -0.05) is 19.8 Å². The van der Waals surface area contributed by atoms with E-state index in [1.165, 1.54) is 25.7 Å². The Labute approximate surface area is 87.7 Å². The number of unbranched alkanes of at least 4 members (excludes halogenated alkanes) is 1. The maximum absolute atomic E-state index is 11.6. The fourth-order valence-electron chi connectivity index (χ4n) is 2.08. The van der Waals surface area contributed by atoms with E-state index >= 15 is 0 Å². The summed E-state index contributed by atoms with van der Waals surface area (Å²) < 4.78 is 0. The standard InChI is InChI=1S/C10H21BN2O/c1-2-3-7-13-8-5-4-6-9(13)10(14)12-11/h9H,2-8,11H2,1H3,(H,12,14). The molecule has 0 saturated carbocycles. The number of hydrogen-bond acceptors (Lipinski definition) is 2. The maximum atomic E-state index is 11.6. The van der Waals surface area contributed by atoms with Gasteiger partial charge in [-0.25, -0.2) is 0 Å². The molecule has 4 heteroatoms. The molecule has 0 aromatic rings. The van der Waals surface area contributed by atoms with Gasteiger partial charge in [0.15, 0.2) is 0 Å². The molecule has 1 heterocycles. The van der Waals surface area contributed by atoms with Crippen LogP contribution >= 0.6 is 0 Å². The largest absolute Gasteiger partial charge is 0.405 e. The summed E-state index contributed by atoms with van der Waals surface area (Å²) in [6, 6.07) is 0.139. The number of carbonyl (C=O) groups is 1. The van der Waals surface area contributed by atoms with Crippen molar-refractivity contribution in [1.29, 1.82) is 0 Å². The van der Waals surface area contributed by atoms with Crippen molar-refractivity contribution in [2.45, 2.75) is 45.1 Å². The molecule has 1 aliphatic heterocycles. The van der Waals surface area contributed by atoms with E-state index in [0.717, 1.165) is 19.5 Å². The molecule has 1 atom stereocenters. The second-order valence-corrected chi connectivity index (χ2v) is 4.02. The predicted octanol–water partition coefficient (Wildman–Crippen LogP) is 0.305. The fourth-order valence-corrected chi connectivity index (χ4v) is 2.08. The Morgan fingerprint density at radius 2 is 2.36 bits per heavy atom. The molecule has 0 radical (unpaired) electrons. The zero-order valence-corrected chi connectivity index (χ0v) is 9.38. The molecular formula is C10H21BN2O. The molecule has 0 bridgehead atoms. The van der Waals surface area contributed by atoms with Crippen molar-refractivity contribution in [2.24, 2.45) is 0 Å². The second-order valence-electron chi connectivity index (χ2n) is 4.02. The molecule has 0 aromatic heterocycles. The Morgan fingerprint density at radius 1 is 1.57 bits per heavy atom. The van der Waals surface area contributed by atoms with Crippen molar-refractivity contribution < 1.29 is 4.79 Å². The van der Waals surface area contributed by atoms with Crippen LogP contribution in [0.1, 0.15) is 39.0 Å². The van der Waals surface area contributed by atoms with Crippen molar-refractivity contribution in [3.63, 3.8) is 0 Å². The molecule has 1 unspecified atom stereocenters. The smallest absolute Gasteiger partial charge is 0.224 e. The summed E-state index contributed by atoms with van der Waals surface area (Å²) in [6.45, 7) is 4.37. The van der Waals surface area contributed by atoms with Crippen LogP contribution in [-0.4, -0.2) is 37.9 Å². The Morgan fingerprint density at radius 3 is 3.00 bits per heavy atom. The van der Waals surface area contributed by atoms with E-state index in [4.69, 9.17) is 0 Å². The van der Waals surface area contributed by atoms with E-state index in [-0.39, 0.29) is 11.9 Å². The van der Waals surface area contributed by atoms with Crippen molar-refractivity contribution in [3.8, 4) is 0 Å². The van der Waals surface area contributed by atoms with Crippen molar-refractivity contribution in [3.05, 3.63) is 0 Å². The monoisotopic (exact) mass is 196 g/mol. The molecule has 3 nitrogen and oxygen atoms in total. The van der Waals surface area contributed by atoms with Crippen LogP contribution in [0.3, 0.4) is 0 Å². The van der Waals surface area contributed by atoms with Gasteiger partial charge in [0, 0.05) is 0 Å². The van der Waals surface area contributed by atoms with E-state index in [1.807, 2.05) is 0 Å². The van der Waals surface area contributed by atoms with E-state index < -0.39 is 0 Å². The topological polar surface area (TPSA) is 32.3 Å². The minimum Gasteiger partial charge on any atom is -0.405 e. The lowest BCUT2D eigenvalue weighted by molar-refractivity contribution is -0.125. The van der Waals surface area contributed by atoms with Gasteiger partial charge in [0.1, 0.15) is 0 Å². The SMILES string of the molecule is BNC(=O)C1CCCCN1CCCC. The first-order chi connectivity index (χ1) is 6.79. The summed E-state index contributed by atoms with van der Waals surface area (Å²) in [5.41, 5.74) is 0. The molecular weight excluding hydrogens is 175 g/mol. The summed E-state index contributed by atoms with van der Waals surface area (Å²) in [5, 5.41) is 2.76. The van der Waals surface area contributed by atoms with Gasteiger partial charge in [-0.3, -0.25) is 9.69 Å². The Bertz CT molecular complexity index is 187. The van der Waals surface area contributed by atoms with Crippen LogP contribution in [0, 0.1) is 0 Å². The third kappa shape index (κ3) is 3.01. The van der Waals surface area contributed by atoms with Crippen molar-refractivity contribution in [1.82, 2.24) is 10.1 Å². The summed E-state index contributed by atoms with van der Waals surface area (Å²) >= 11 is 0. The first kappa shape index (κ1) is 11.6.